The number of para-hydroxylation sites is 1. The molecule has 2 aromatic heterocycles. The number of pyridine rings is 1. The van der Waals surface area contributed by atoms with E-state index in [0.717, 1.165) is 48.2 Å². The van der Waals surface area contributed by atoms with Gasteiger partial charge in [-0.2, -0.15) is 5.10 Å². The van der Waals surface area contributed by atoms with Crippen molar-refractivity contribution in [1.29, 1.82) is 0 Å². The number of rotatable bonds is 12. The Morgan fingerprint density at radius 3 is 2.52 bits per heavy atom. The number of carbonyl (C=O) groups excluding carboxylic acids is 3. The van der Waals surface area contributed by atoms with Gasteiger partial charge >= 0.3 is 0 Å². The van der Waals surface area contributed by atoms with Gasteiger partial charge in [0.05, 0.1) is 47.2 Å². The number of anilines is 2. The largest absolute Gasteiger partial charge is 0.393 e. The summed E-state index contributed by atoms with van der Waals surface area (Å²) in [6, 6.07) is 10.7. The smallest absolute Gasteiger partial charge is 0.272 e. The molecular formula is C36H44BN11O4. The number of benzene rings is 1. The average Bonchev–Trinajstić information content (AvgIpc) is 4.05. The van der Waals surface area contributed by atoms with Crippen molar-refractivity contribution in [1.82, 2.24) is 35.2 Å². The number of aliphatic hydroxyl groups is 1. The standard InChI is InChI=1S/C36H44BN11O4/c1-4-45(2)35(51)26-9-6-10-29(43-26)36(37,52)47-17-22(18-47)48-28-19-46(3)32-23(24(28)16-40-48)7-5-8-25(32)42-27(31(39)34(50)41-21-13-14-21)15-30(38)44-33(49)20-11-12-20/h5-10,15-16,20-22,42,52H,4,11-14,17-19,38-39H2,1-3H3,(H,41,50)(H,44,49)/b30-15+,31-27+. The molecule has 1 saturated heterocycles. The summed E-state index contributed by atoms with van der Waals surface area (Å²) in [5.74, 6) is -0.775. The van der Waals surface area contributed by atoms with E-state index < -0.39 is 11.5 Å². The molecule has 1 aromatic carbocycles. The Morgan fingerprint density at radius 1 is 1.10 bits per heavy atom. The first kappa shape index (κ1) is 35.1. The van der Waals surface area contributed by atoms with E-state index in [0.29, 0.717) is 31.9 Å². The van der Waals surface area contributed by atoms with Gasteiger partial charge in [0.2, 0.25) is 5.91 Å². The molecule has 7 rings (SSSR count). The number of fused-ring (bicyclic) bond motifs is 3. The maximum absolute atomic E-state index is 13.0. The second kappa shape index (κ2) is 13.7. The van der Waals surface area contributed by atoms with Gasteiger partial charge in [0, 0.05) is 62.9 Å². The number of hydrogen-bond acceptors (Lipinski definition) is 11. The highest BCUT2D eigenvalue weighted by Crippen LogP contribution is 2.45. The molecule has 2 aliphatic carbocycles. The highest BCUT2D eigenvalue weighted by molar-refractivity contribution is 6.14. The fourth-order valence-corrected chi connectivity index (χ4v) is 6.53. The summed E-state index contributed by atoms with van der Waals surface area (Å²) in [6.07, 6.45) is 6.78. The maximum atomic E-state index is 13.0. The molecule has 16 heteroatoms. The Balaban J connectivity index is 1.11. The lowest BCUT2D eigenvalue weighted by Gasteiger charge is -2.48. The number of hydrogen-bond donors (Lipinski definition) is 6. The predicted molar refractivity (Wildman–Crippen MR) is 196 cm³/mol. The zero-order valence-electron chi connectivity index (χ0n) is 29.6. The Kier molecular flexibility index (Phi) is 9.21. The molecule has 15 nitrogen and oxygen atoms in total. The third-order valence-corrected chi connectivity index (χ3v) is 10.1. The topological polar surface area (TPSA) is 200 Å². The lowest BCUT2D eigenvalue weighted by atomic mass is 9.82. The van der Waals surface area contributed by atoms with Crippen LogP contribution < -0.4 is 32.3 Å². The molecule has 2 aliphatic heterocycles. The molecule has 4 aliphatic rings. The SMILES string of the molecule is [B]C(O)(c1cccc(C(=O)N(C)CC)n1)N1CC(n2ncc3c2CN(C)c2c(NC(/C=C(\N)NC(=O)C4CC4)=C(/N)C(=O)NC4CC4)cccc2-3)C1. The van der Waals surface area contributed by atoms with Gasteiger partial charge in [-0.05, 0) is 50.8 Å². The molecule has 2 saturated carbocycles. The van der Waals surface area contributed by atoms with Crippen molar-refractivity contribution in [2.45, 2.75) is 56.9 Å². The van der Waals surface area contributed by atoms with Crippen LogP contribution in [0.3, 0.4) is 0 Å². The Labute approximate surface area is 303 Å². The van der Waals surface area contributed by atoms with Crippen LogP contribution in [0, 0.1) is 5.92 Å². The summed E-state index contributed by atoms with van der Waals surface area (Å²) in [5.41, 5.74) is 15.8. The third-order valence-electron chi connectivity index (χ3n) is 10.1. The molecule has 2 radical (unpaired) electrons. The van der Waals surface area contributed by atoms with Crippen molar-refractivity contribution in [3.63, 3.8) is 0 Å². The summed E-state index contributed by atoms with van der Waals surface area (Å²) in [4.78, 5) is 47.9. The van der Waals surface area contributed by atoms with Crippen LogP contribution in [0.4, 0.5) is 11.4 Å². The molecule has 1 unspecified atom stereocenters. The van der Waals surface area contributed by atoms with Crippen LogP contribution in [0.5, 0.6) is 0 Å². The number of amides is 3. The molecule has 3 fully saturated rings. The van der Waals surface area contributed by atoms with Crippen molar-refractivity contribution in [2.24, 2.45) is 17.4 Å². The van der Waals surface area contributed by atoms with Gasteiger partial charge in [0.15, 0.2) is 0 Å². The highest BCUT2D eigenvalue weighted by atomic mass is 16.3. The summed E-state index contributed by atoms with van der Waals surface area (Å²) in [6.45, 7) is 3.74. The van der Waals surface area contributed by atoms with Crippen molar-refractivity contribution in [3.05, 3.63) is 83.0 Å². The molecule has 8 N–H and O–H groups in total. The van der Waals surface area contributed by atoms with Crippen molar-refractivity contribution >= 4 is 36.9 Å². The lowest BCUT2D eigenvalue weighted by molar-refractivity contribution is -0.121. The molecule has 52 heavy (non-hydrogen) atoms. The zero-order chi connectivity index (χ0) is 36.9. The van der Waals surface area contributed by atoms with E-state index in [2.05, 4.69) is 25.8 Å². The minimum Gasteiger partial charge on any atom is -0.393 e. The van der Waals surface area contributed by atoms with E-state index >= 15 is 0 Å². The van der Waals surface area contributed by atoms with Gasteiger partial charge < -0.3 is 42.3 Å². The summed E-state index contributed by atoms with van der Waals surface area (Å²) < 4.78 is 1.97. The molecule has 3 amide bonds. The number of aromatic nitrogens is 3. The number of likely N-dealkylation sites (tertiary alicyclic amines) is 1. The zero-order valence-corrected chi connectivity index (χ0v) is 29.6. The Morgan fingerprint density at radius 2 is 1.83 bits per heavy atom. The lowest BCUT2D eigenvalue weighted by Crippen LogP contribution is -2.59. The molecular weight excluding hydrogens is 661 g/mol. The van der Waals surface area contributed by atoms with Gasteiger partial charge in [-0.1, -0.05) is 18.2 Å². The molecule has 0 bridgehead atoms. The van der Waals surface area contributed by atoms with E-state index in [1.807, 2.05) is 43.0 Å². The fraction of sp³-hybridized carbons (Fsp3) is 0.417. The number of carbonyl (C=O) groups is 3. The first-order valence-corrected chi connectivity index (χ1v) is 17.6. The van der Waals surface area contributed by atoms with Crippen LogP contribution in [-0.2, 0) is 21.8 Å². The molecule has 1 atom stereocenters. The van der Waals surface area contributed by atoms with Gasteiger partial charge in [0.1, 0.15) is 30.7 Å². The molecule has 270 valence electrons. The van der Waals surface area contributed by atoms with Gasteiger partial charge in [-0.15, -0.1) is 0 Å². The second-order valence-electron chi connectivity index (χ2n) is 14.1. The Hall–Kier alpha value is -5.35. The van der Waals surface area contributed by atoms with Crippen LogP contribution in [-0.4, -0.2) is 95.0 Å². The van der Waals surface area contributed by atoms with Crippen LogP contribution in [0.2, 0.25) is 0 Å². The van der Waals surface area contributed by atoms with Gasteiger partial charge in [-0.25, -0.2) is 4.98 Å². The monoisotopic (exact) mass is 705 g/mol. The number of nitrogens with one attached hydrogen (secondary N) is 3. The van der Waals surface area contributed by atoms with E-state index in [1.54, 1.807) is 35.0 Å². The van der Waals surface area contributed by atoms with Crippen LogP contribution in [0.15, 0.2) is 65.9 Å². The van der Waals surface area contributed by atoms with Gasteiger partial charge in [-0.3, -0.25) is 24.0 Å². The van der Waals surface area contributed by atoms with Crippen LogP contribution in [0.1, 0.15) is 60.5 Å². The number of allylic oxidation sites excluding steroid dienone is 1. The predicted octanol–water partition coefficient (Wildman–Crippen LogP) is 1.00. The van der Waals surface area contributed by atoms with E-state index in [1.165, 1.54) is 6.08 Å². The summed E-state index contributed by atoms with van der Waals surface area (Å²) in [5, 5.41) is 25.1. The summed E-state index contributed by atoms with van der Waals surface area (Å²) in [7, 11) is 10.1. The first-order chi connectivity index (χ1) is 24.8. The van der Waals surface area contributed by atoms with E-state index in [4.69, 9.17) is 24.4 Å². The van der Waals surface area contributed by atoms with Crippen molar-refractivity contribution in [3.8, 4) is 11.1 Å². The third kappa shape index (κ3) is 6.83. The van der Waals surface area contributed by atoms with Crippen LogP contribution >= 0.6 is 0 Å². The normalized spacial score (nSPS) is 19.0. The molecule has 0 spiro atoms. The Bertz CT molecular complexity index is 1980. The van der Waals surface area contributed by atoms with E-state index in [9.17, 15) is 19.5 Å². The van der Waals surface area contributed by atoms with E-state index in [-0.39, 0.29) is 58.4 Å². The average molecular weight is 706 g/mol. The maximum Gasteiger partial charge on any atom is 0.272 e. The minimum absolute atomic E-state index is 0.0451. The highest BCUT2D eigenvalue weighted by Gasteiger charge is 2.43. The van der Waals surface area contributed by atoms with Crippen LogP contribution in [0.25, 0.3) is 11.1 Å². The summed E-state index contributed by atoms with van der Waals surface area (Å²) >= 11 is 0. The van der Waals surface area contributed by atoms with Crippen molar-refractivity contribution in [2.75, 3.05) is 43.9 Å². The number of nitrogens with zero attached hydrogens (tertiary/aromatic N) is 6. The quantitative estimate of drug-likeness (QED) is 0.0893. The first-order valence-electron chi connectivity index (χ1n) is 17.6. The van der Waals surface area contributed by atoms with Crippen molar-refractivity contribution < 1.29 is 19.5 Å². The second-order valence-corrected chi connectivity index (χ2v) is 14.1. The molecule has 4 heterocycles. The number of nitrogens with two attached hydrogens (primary N) is 2. The molecule has 3 aromatic rings. The fourth-order valence-electron chi connectivity index (χ4n) is 6.53. The van der Waals surface area contributed by atoms with Gasteiger partial charge in [0.25, 0.3) is 11.8 Å². The minimum atomic E-state index is -1.88.